The Balaban J connectivity index is 1.60. The Labute approximate surface area is 128 Å². The van der Waals surface area contributed by atoms with E-state index in [1.165, 1.54) is 11.3 Å². The molecule has 0 saturated carbocycles. The van der Waals surface area contributed by atoms with Gasteiger partial charge in [0.05, 0.1) is 6.54 Å². The zero-order valence-electron chi connectivity index (χ0n) is 12.0. The normalized spacial score (nSPS) is 13.7. The van der Waals surface area contributed by atoms with Crippen molar-refractivity contribution in [3.05, 3.63) is 60.0 Å². The number of nitrogens with one attached hydrogen (secondary N) is 2. The third kappa shape index (κ3) is 2.39. The molecule has 0 fully saturated rings. The van der Waals surface area contributed by atoms with E-state index in [1.807, 2.05) is 36.4 Å². The second kappa shape index (κ2) is 5.48. The van der Waals surface area contributed by atoms with Crippen molar-refractivity contribution >= 4 is 17.5 Å². The summed E-state index contributed by atoms with van der Waals surface area (Å²) in [7, 11) is 0. The van der Waals surface area contributed by atoms with Crippen molar-refractivity contribution in [1.82, 2.24) is 20.2 Å². The molecule has 0 aliphatic carbocycles. The molecule has 0 radical (unpaired) electrons. The molecule has 6 heteroatoms. The highest BCUT2D eigenvalue weighted by Gasteiger charge is 2.23. The number of anilines is 3. The second-order valence-electron chi connectivity index (χ2n) is 5.24. The Bertz CT molecular complexity index is 753. The van der Waals surface area contributed by atoms with Crippen LogP contribution in [-0.4, -0.2) is 26.7 Å². The lowest BCUT2D eigenvalue weighted by molar-refractivity contribution is 0.699. The molecular weight excluding hydrogens is 276 g/mol. The first kappa shape index (κ1) is 12.8. The average Bonchev–Trinajstić information content (AvgIpc) is 2.99. The van der Waals surface area contributed by atoms with E-state index < -0.39 is 0 Å². The molecule has 0 unspecified atom stereocenters. The number of rotatable bonds is 3. The SMILES string of the molecule is c1ccc(Nc2n[nH]c3c2CN(c2ncccn2)CC3)cc1. The van der Waals surface area contributed by atoms with Gasteiger partial charge in [0.25, 0.3) is 0 Å². The lowest BCUT2D eigenvalue weighted by Gasteiger charge is -2.26. The van der Waals surface area contributed by atoms with Crippen molar-refractivity contribution in [2.75, 3.05) is 16.8 Å². The minimum absolute atomic E-state index is 0.755. The minimum Gasteiger partial charge on any atom is -0.338 e. The summed E-state index contributed by atoms with van der Waals surface area (Å²) in [6.45, 7) is 1.65. The molecule has 1 aromatic carbocycles. The third-order valence-electron chi connectivity index (χ3n) is 3.80. The molecule has 3 aromatic rings. The summed E-state index contributed by atoms with van der Waals surface area (Å²) in [6, 6.07) is 11.9. The number of benzene rings is 1. The first-order valence-corrected chi connectivity index (χ1v) is 7.30. The average molecular weight is 292 g/mol. The van der Waals surface area contributed by atoms with Gasteiger partial charge >= 0.3 is 0 Å². The third-order valence-corrected chi connectivity index (χ3v) is 3.80. The van der Waals surface area contributed by atoms with Gasteiger partial charge < -0.3 is 10.2 Å². The van der Waals surface area contributed by atoms with Crippen molar-refractivity contribution < 1.29 is 0 Å². The molecule has 0 amide bonds. The van der Waals surface area contributed by atoms with Crippen LogP contribution in [0.5, 0.6) is 0 Å². The molecule has 6 nitrogen and oxygen atoms in total. The van der Waals surface area contributed by atoms with E-state index in [2.05, 4.69) is 30.4 Å². The van der Waals surface area contributed by atoms with E-state index in [4.69, 9.17) is 0 Å². The number of para-hydroxylation sites is 1. The number of fused-ring (bicyclic) bond motifs is 1. The van der Waals surface area contributed by atoms with Gasteiger partial charge in [-0.05, 0) is 18.2 Å². The van der Waals surface area contributed by atoms with Gasteiger partial charge in [-0.25, -0.2) is 9.97 Å². The van der Waals surface area contributed by atoms with E-state index in [1.54, 1.807) is 12.4 Å². The number of aromatic nitrogens is 4. The largest absolute Gasteiger partial charge is 0.338 e. The first-order chi connectivity index (χ1) is 10.9. The van der Waals surface area contributed by atoms with E-state index in [0.29, 0.717) is 0 Å². The van der Waals surface area contributed by atoms with Crippen molar-refractivity contribution in [2.45, 2.75) is 13.0 Å². The maximum absolute atomic E-state index is 4.42. The lowest BCUT2D eigenvalue weighted by Crippen LogP contribution is -2.31. The topological polar surface area (TPSA) is 69.7 Å². The molecule has 3 heterocycles. The van der Waals surface area contributed by atoms with Crippen LogP contribution in [0.25, 0.3) is 0 Å². The molecule has 110 valence electrons. The molecule has 0 spiro atoms. The molecule has 0 atom stereocenters. The summed E-state index contributed by atoms with van der Waals surface area (Å²) in [4.78, 5) is 10.8. The number of hydrogen-bond donors (Lipinski definition) is 2. The summed E-state index contributed by atoms with van der Waals surface area (Å²) < 4.78 is 0. The Hall–Kier alpha value is -2.89. The molecule has 4 rings (SSSR count). The smallest absolute Gasteiger partial charge is 0.225 e. The summed E-state index contributed by atoms with van der Waals surface area (Å²) in [5, 5.41) is 10.9. The fourth-order valence-electron chi connectivity index (χ4n) is 2.68. The minimum atomic E-state index is 0.755. The Morgan fingerprint density at radius 1 is 1.05 bits per heavy atom. The number of H-pyrrole nitrogens is 1. The van der Waals surface area contributed by atoms with Gasteiger partial charge in [0.15, 0.2) is 5.82 Å². The Morgan fingerprint density at radius 2 is 1.86 bits per heavy atom. The van der Waals surface area contributed by atoms with Gasteiger partial charge in [0.2, 0.25) is 5.95 Å². The van der Waals surface area contributed by atoms with Gasteiger partial charge in [0.1, 0.15) is 0 Å². The van der Waals surface area contributed by atoms with E-state index in [9.17, 15) is 0 Å². The van der Waals surface area contributed by atoms with Crippen LogP contribution in [0, 0.1) is 0 Å². The highest BCUT2D eigenvalue weighted by atomic mass is 15.3. The second-order valence-corrected chi connectivity index (χ2v) is 5.24. The number of hydrogen-bond acceptors (Lipinski definition) is 5. The number of aromatic amines is 1. The lowest BCUT2D eigenvalue weighted by atomic mass is 10.1. The maximum Gasteiger partial charge on any atom is 0.225 e. The van der Waals surface area contributed by atoms with Gasteiger partial charge in [0, 0.05) is 42.3 Å². The molecule has 2 N–H and O–H groups in total. The van der Waals surface area contributed by atoms with Crippen molar-refractivity contribution in [2.24, 2.45) is 0 Å². The van der Waals surface area contributed by atoms with Gasteiger partial charge in [-0.3, -0.25) is 5.10 Å². The predicted octanol–water partition coefficient (Wildman–Crippen LogP) is 2.51. The van der Waals surface area contributed by atoms with E-state index in [0.717, 1.165) is 37.0 Å². The van der Waals surface area contributed by atoms with Crippen LogP contribution in [0.4, 0.5) is 17.5 Å². The van der Waals surface area contributed by atoms with Crippen molar-refractivity contribution in [1.29, 1.82) is 0 Å². The van der Waals surface area contributed by atoms with Crippen LogP contribution in [0.3, 0.4) is 0 Å². The number of nitrogens with zero attached hydrogens (tertiary/aromatic N) is 4. The molecule has 0 saturated heterocycles. The standard InChI is InChI=1S/C16H16N6/c1-2-5-12(6-3-1)19-15-13-11-22(10-7-14(13)20-21-15)16-17-8-4-9-18-16/h1-6,8-9H,7,10-11H2,(H2,19,20,21). The summed E-state index contributed by atoms with van der Waals surface area (Å²) >= 11 is 0. The molecular formula is C16H16N6. The summed E-state index contributed by atoms with van der Waals surface area (Å²) in [5.74, 6) is 1.64. The summed E-state index contributed by atoms with van der Waals surface area (Å²) in [5.41, 5.74) is 3.40. The molecule has 1 aliphatic heterocycles. The highest BCUT2D eigenvalue weighted by Crippen LogP contribution is 2.27. The van der Waals surface area contributed by atoms with Crippen LogP contribution < -0.4 is 10.2 Å². The van der Waals surface area contributed by atoms with Crippen molar-refractivity contribution in [3.63, 3.8) is 0 Å². The molecule has 0 bridgehead atoms. The fraction of sp³-hybridized carbons (Fsp3) is 0.188. The fourth-order valence-corrected chi connectivity index (χ4v) is 2.68. The Morgan fingerprint density at radius 3 is 2.68 bits per heavy atom. The molecule has 1 aliphatic rings. The van der Waals surface area contributed by atoms with Crippen molar-refractivity contribution in [3.8, 4) is 0 Å². The van der Waals surface area contributed by atoms with Gasteiger partial charge in [-0.1, -0.05) is 18.2 Å². The maximum atomic E-state index is 4.42. The highest BCUT2D eigenvalue weighted by molar-refractivity contribution is 5.61. The van der Waals surface area contributed by atoms with E-state index >= 15 is 0 Å². The van der Waals surface area contributed by atoms with Gasteiger partial charge in [-0.2, -0.15) is 5.10 Å². The van der Waals surface area contributed by atoms with E-state index in [-0.39, 0.29) is 0 Å². The van der Waals surface area contributed by atoms with Gasteiger partial charge in [-0.15, -0.1) is 0 Å². The monoisotopic (exact) mass is 292 g/mol. The molecule has 2 aromatic heterocycles. The van der Waals surface area contributed by atoms with Crippen LogP contribution in [-0.2, 0) is 13.0 Å². The zero-order valence-corrected chi connectivity index (χ0v) is 12.0. The van der Waals surface area contributed by atoms with Crippen LogP contribution in [0.1, 0.15) is 11.3 Å². The Kier molecular flexibility index (Phi) is 3.19. The predicted molar refractivity (Wildman–Crippen MR) is 85.1 cm³/mol. The first-order valence-electron chi connectivity index (χ1n) is 7.30. The zero-order chi connectivity index (χ0) is 14.8. The van der Waals surface area contributed by atoms with Crippen LogP contribution in [0.2, 0.25) is 0 Å². The quantitative estimate of drug-likeness (QED) is 0.776. The van der Waals surface area contributed by atoms with Crippen LogP contribution in [0.15, 0.2) is 48.8 Å². The van der Waals surface area contributed by atoms with Crippen LogP contribution >= 0.6 is 0 Å². The summed E-state index contributed by atoms with van der Waals surface area (Å²) in [6.07, 6.45) is 4.46. The molecule has 22 heavy (non-hydrogen) atoms.